The lowest BCUT2D eigenvalue weighted by Gasteiger charge is -2.30. The van der Waals surface area contributed by atoms with E-state index in [1.165, 1.54) is 18.1 Å². The van der Waals surface area contributed by atoms with Gasteiger partial charge in [-0.15, -0.1) is 0 Å². The van der Waals surface area contributed by atoms with E-state index in [9.17, 15) is 0 Å². The molecule has 0 saturated carbocycles. The van der Waals surface area contributed by atoms with Crippen molar-refractivity contribution in [2.24, 2.45) is 0 Å². The highest BCUT2D eigenvalue weighted by atomic mass is 28.4. The summed E-state index contributed by atoms with van der Waals surface area (Å²) in [6.45, 7) is 11.1. The Morgan fingerprint density at radius 1 is 1.00 bits per heavy atom. The van der Waals surface area contributed by atoms with Crippen LogP contribution in [0.5, 0.6) is 0 Å². The summed E-state index contributed by atoms with van der Waals surface area (Å²) in [4.78, 5) is 0. The Morgan fingerprint density at radius 3 is 1.45 bits per heavy atom. The zero-order valence-corrected chi connectivity index (χ0v) is 9.61. The van der Waals surface area contributed by atoms with Gasteiger partial charge in [-0.25, -0.2) is 0 Å². The molecule has 0 radical (unpaired) electrons. The van der Waals surface area contributed by atoms with Gasteiger partial charge in [0.2, 0.25) is 0 Å². The topological polar surface area (TPSA) is 9.23 Å². The third kappa shape index (κ3) is 3.39. The fourth-order valence-electron chi connectivity index (χ4n) is 1.50. The third-order valence-electron chi connectivity index (χ3n) is 2.42. The molecule has 0 bridgehead atoms. The SMILES string of the molecule is CC[Si](CC)(CC)OC(C)C. The van der Waals surface area contributed by atoms with E-state index in [0.717, 1.165) is 0 Å². The Balaban J connectivity index is 4.05. The first-order valence-electron chi connectivity index (χ1n) is 4.78. The van der Waals surface area contributed by atoms with E-state index < -0.39 is 8.32 Å². The van der Waals surface area contributed by atoms with Crippen LogP contribution in [-0.2, 0) is 4.43 Å². The molecule has 0 aliphatic rings. The first-order chi connectivity index (χ1) is 5.10. The van der Waals surface area contributed by atoms with E-state index in [1.54, 1.807) is 0 Å². The number of rotatable bonds is 5. The molecule has 0 aromatic rings. The van der Waals surface area contributed by atoms with Gasteiger partial charge in [-0.1, -0.05) is 20.8 Å². The van der Waals surface area contributed by atoms with Crippen LogP contribution in [-0.4, -0.2) is 14.4 Å². The summed E-state index contributed by atoms with van der Waals surface area (Å²) < 4.78 is 6.02. The molecular formula is C9H22OSi. The quantitative estimate of drug-likeness (QED) is 0.580. The molecule has 0 rings (SSSR count). The van der Waals surface area contributed by atoms with Crippen LogP contribution in [0.1, 0.15) is 34.6 Å². The maximum atomic E-state index is 6.02. The largest absolute Gasteiger partial charge is 0.415 e. The Hall–Kier alpha value is 0.177. The van der Waals surface area contributed by atoms with Crippen LogP contribution in [0, 0.1) is 0 Å². The molecule has 0 unspecified atom stereocenters. The fraction of sp³-hybridized carbons (Fsp3) is 1.00. The van der Waals surface area contributed by atoms with Crippen molar-refractivity contribution in [1.82, 2.24) is 0 Å². The monoisotopic (exact) mass is 174 g/mol. The minimum Gasteiger partial charge on any atom is -0.415 e. The summed E-state index contributed by atoms with van der Waals surface area (Å²) in [6, 6.07) is 3.79. The smallest absolute Gasteiger partial charge is 0.192 e. The summed E-state index contributed by atoms with van der Waals surface area (Å²) in [5.41, 5.74) is 0. The minimum absolute atomic E-state index is 0.418. The molecule has 0 fully saturated rings. The highest BCUT2D eigenvalue weighted by Crippen LogP contribution is 2.22. The molecule has 0 aliphatic heterocycles. The summed E-state index contributed by atoms with van der Waals surface area (Å²) in [5, 5.41) is 0. The average Bonchev–Trinajstić information content (AvgIpc) is 2.00. The van der Waals surface area contributed by atoms with Gasteiger partial charge in [-0.2, -0.15) is 0 Å². The van der Waals surface area contributed by atoms with Crippen molar-refractivity contribution in [3.05, 3.63) is 0 Å². The van der Waals surface area contributed by atoms with Gasteiger partial charge in [0.25, 0.3) is 0 Å². The molecule has 0 aromatic heterocycles. The van der Waals surface area contributed by atoms with E-state index in [1.807, 2.05) is 0 Å². The molecule has 0 N–H and O–H groups in total. The normalized spacial score (nSPS) is 12.5. The van der Waals surface area contributed by atoms with E-state index in [-0.39, 0.29) is 0 Å². The van der Waals surface area contributed by atoms with Gasteiger partial charge in [0.05, 0.1) is 0 Å². The number of hydrogen-bond donors (Lipinski definition) is 0. The zero-order chi connectivity index (χ0) is 8.91. The first-order valence-corrected chi connectivity index (χ1v) is 7.31. The molecule has 0 amide bonds. The van der Waals surface area contributed by atoms with Gasteiger partial charge in [-0.3, -0.25) is 0 Å². The molecule has 0 aromatic carbocycles. The predicted octanol–water partition coefficient (Wildman–Crippen LogP) is 3.42. The lowest BCUT2D eigenvalue weighted by atomic mass is 10.5. The van der Waals surface area contributed by atoms with Crippen molar-refractivity contribution in [1.29, 1.82) is 0 Å². The summed E-state index contributed by atoms with van der Waals surface area (Å²) in [5.74, 6) is 0. The van der Waals surface area contributed by atoms with Crippen LogP contribution >= 0.6 is 0 Å². The molecule has 11 heavy (non-hydrogen) atoms. The maximum absolute atomic E-state index is 6.02. The van der Waals surface area contributed by atoms with Crippen molar-refractivity contribution in [2.45, 2.75) is 58.9 Å². The standard InChI is InChI=1S/C9H22OSi/c1-6-11(7-2,8-3)10-9(4)5/h9H,6-8H2,1-5H3. The van der Waals surface area contributed by atoms with E-state index in [4.69, 9.17) is 4.43 Å². The van der Waals surface area contributed by atoms with Gasteiger partial charge < -0.3 is 4.43 Å². The van der Waals surface area contributed by atoms with E-state index in [2.05, 4.69) is 34.6 Å². The van der Waals surface area contributed by atoms with E-state index >= 15 is 0 Å². The summed E-state index contributed by atoms with van der Waals surface area (Å²) >= 11 is 0. The van der Waals surface area contributed by atoms with Crippen molar-refractivity contribution >= 4 is 8.32 Å². The highest BCUT2D eigenvalue weighted by Gasteiger charge is 2.29. The average molecular weight is 174 g/mol. The molecular weight excluding hydrogens is 152 g/mol. The van der Waals surface area contributed by atoms with Crippen LogP contribution in [0.15, 0.2) is 0 Å². The Labute approximate surface area is 72.3 Å². The minimum atomic E-state index is -1.28. The molecule has 2 heteroatoms. The Morgan fingerprint density at radius 2 is 1.36 bits per heavy atom. The second-order valence-electron chi connectivity index (χ2n) is 3.41. The van der Waals surface area contributed by atoms with Crippen LogP contribution < -0.4 is 0 Å². The van der Waals surface area contributed by atoms with Crippen molar-refractivity contribution in [3.8, 4) is 0 Å². The lowest BCUT2D eigenvalue weighted by Crippen LogP contribution is -2.38. The second kappa shape index (κ2) is 4.94. The molecule has 1 nitrogen and oxygen atoms in total. The molecule has 0 heterocycles. The maximum Gasteiger partial charge on any atom is 0.192 e. The van der Waals surface area contributed by atoms with Crippen LogP contribution in [0.4, 0.5) is 0 Å². The summed E-state index contributed by atoms with van der Waals surface area (Å²) in [6.07, 6.45) is 0.418. The van der Waals surface area contributed by atoms with Crippen LogP contribution in [0.25, 0.3) is 0 Å². The van der Waals surface area contributed by atoms with Gasteiger partial charge in [0.15, 0.2) is 8.32 Å². The first kappa shape index (κ1) is 11.2. The molecule has 0 spiro atoms. The van der Waals surface area contributed by atoms with Gasteiger partial charge in [0, 0.05) is 6.10 Å². The lowest BCUT2D eigenvalue weighted by molar-refractivity contribution is 0.225. The third-order valence-corrected chi connectivity index (χ3v) is 7.26. The van der Waals surface area contributed by atoms with Gasteiger partial charge in [-0.05, 0) is 32.0 Å². The highest BCUT2D eigenvalue weighted by molar-refractivity contribution is 6.73. The molecule has 0 aliphatic carbocycles. The Kier molecular flexibility index (Phi) is 5.02. The summed E-state index contributed by atoms with van der Waals surface area (Å²) in [7, 11) is -1.28. The predicted molar refractivity (Wildman–Crippen MR) is 53.4 cm³/mol. The van der Waals surface area contributed by atoms with Gasteiger partial charge >= 0.3 is 0 Å². The zero-order valence-electron chi connectivity index (χ0n) is 8.61. The van der Waals surface area contributed by atoms with Crippen LogP contribution in [0.3, 0.4) is 0 Å². The fourth-order valence-corrected chi connectivity index (χ4v) is 4.50. The molecule has 0 saturated heterocycles. The molecule has 68 valence electrons. The number of hydrogen-bond acceptors (Lipinski definition) is 1. The van der Waals surface area contributed by atoms with Crippen molar-refractivity contribution < 1.29 is 4.43 Å². The van der Waals surface area contributed by atoms with Gasteiger partial charge in [0.1, 0.15) is 0 Å². The second-order valence-corrected chi connectivity index (χ2v) is 8.13. The Bertz CT molecular complexity index is 89.5. The molecule has 0 atom stereocenters. The van der Waals surface area contributed by atoms with E-state index in [0.29, 0.717) is 6.10 Å². The van der Waals surface area contributed by atoms with Crippen LogP contribution in [0.2, 0.25) is 18.1 Å². The van der Waals surface area contributed by atoms with Crippen molar-refractivity contribution in [3.63, 3.8) is 0 Å². The van der Waals surface area contributed by atoms with Crippen molar-refractivity contribution in [2.75, 3.05) is 0 Å².